The average Bonchev–Trinajstić information content (AvgIpc) is 2.59. The molecular formula is C23H33NO2. The van der Waals surface area contributed by atoms with Crippen molar-refractivity contribution in [1.29, 1.82) is 0 Å². The summed E-state index contributed by atoms with van der Waals surface area (Å²) in [5, 5.41) is 9.77. The van der Waals surface area contributed by atoms with Crippen LogP contribution in [-0.2, 0) is 10.8 Å². The normalized spacial score (nSPS) is 12.5. The van der Waals surface area contributed by atoms with Gasteiger partial charge in [-0.1, -0.05) is 60.6 Å². The third-order valence-corrected chi connectivity index (χ3v) is 4.89. The number of hydrogen-bond acceptors (Lipinski definition) is 3. The minimum atomic E-state index is -0.311. The van der Waals surface area contributed by atoms with E-state index in [1.165, 1.54) is 0 Å². The van der Waals surface area contributed by atoms with E-state index in [0.29, 0.717) is 5.92 Å². The molecule has 1 heterocycles. The van der Waals surface area contributed by atoms with Crippen molar-refractivity contribution in [2.75, 3.05) is 13.7 Å². The molecule has 0 aliphatic carbocycles. The number of aromatic nitrogens is 1. The lowest BCUT2D eigenvalue weighted by atomic mass is 9.81. The minimum absolute atomic E-state index is 0.0895. The van der Waals surface area contributed by atoms with E-state index in [1.807, 2.05) is 26.0 Å². The van der Waals surface area contributed by atoms with Gasteiger partial charge in [0, 0.05) is 27.7 Å². The molecule has 3 heteroatoms. The molecule has 0 aliphatic rings. The van der Waals surface area contributed by atoms with Gasteiger partial charge in [-0.15, -0.1) is 0 Å². The van der Waals surface area contributed by atoms with Crippen LogP contribution in [0.1, 0.15) is 71.3 Å². The number of aliphatic hydroxyl groups is 1. The van der Waals surface area contributed by atoms with Crippen molar-refractivity contribution < 1.29 is 9.84 Å². The van der Waals surface area contributed by atoms with Crippen LogP contribution in [0.4, 0.5) is 0 Å². The number of hydrogen-bond donors (Lipinski definition) is 1. The van der Waals surface area contributed by atoms with Crippen molar-refractivity contribution in [3.8, 4) is 16.9 Å². The van der Waals surface area contributed by atoms with Crippen molar-refractivity contribution in [2.45, 2.75) is 65.2 Å². The van der Waals surface area contributed by atoms with Crippen LogP contribution >= 0.6 is 0 Å². The summed E-state index contributed by atoms with van der Waals surface area (Å²) in [6.45, 7) is 15.1. The van der Waals surface area contributed by atoms with Gasteiger partial charge in [0.25, 0.3) is 0 Å². The molecule has 0 atom stereocenters. The Kier molecular flexibility index (Phi) is 5.82. The molecule has 0 fully saturated rings. The first kappa shape index (κ1) is 20.4. The second-order valence-electron chi connectivity index (χ2n) is 8.99. The van der Waals surface area contributed by atoms with E-state index >= 15 is 0 Å². The maximum Gasteiger partial charge on any atom is 0.126 e. The first-order chi connectivity index (χ1) is 12.0. The number of nitrogens with zero attached hydrogens (tertiary/aromatic N) is 1. The number of pyridine rings is 1. The van der Waals surface area contributed by atoms with Crippen molar-refractivity contribution >= 4 is 0 Å². The van der Waals surface area contributed by atoms with Crippen molar-refractivity contribution in [1.82, 2.24) is 4.98 Å². The molecule has 1 N–H and O–H groups in total. The van der Waals surface area contributed by atoms with Crippen LogP contribution < -0.4 is 4.74 Å². The smallest absolute Gasteiger partial charge is 0.126 e. The molecule has 0 radical (unpaired) electrons. The van der Waals surface area contributed by atoms with E-state index in [9.17, 15) is 5.11 Å². The van der Waals surface area contributed by atoms with Crippen LogP contribution in [-0.4, -0.2) is 23.8 Å². The molecular weight excluding hydrogens is 322 g/mol. The Bertz CT molecular complexity index is 770. The van der Waals surface area contributed by atoms with Gasteiger partial charge in [-0.2, -0.15) is 0 Å². The van der Waals surface area contributed by atoms with Gasteiger partial charge in [0.1, 0.15) is 5.75 Å². The molecule has 0 aliphatic heterocycles. The molecule has 0 saturated heterocycles. The number of rotatable bonds is 5. The summed E-state index contributed by atoms with van der Waals surface area (Å²) in [7, 11) is 1.70. The SMILES string of the molecule is COc1ccc(C(C)(C)CO)cc1-c1ccc(C(C)C)nc1C(C)(C)C. The van der Waals surface area contributed by atoms with Crippen LogP contribution in [0, 0.1) is 0 Å². The standard InChI is InChI=1S/C23H33NO2/c1-15(2)19-11-10-17(21(24-19)22(3,4)5)18-13-16(23(6,7)14-25)9-12-20(18)26-8/h9-13,15,25H,14H2,1-8H3. The predicted octanol–water partition coefficient (Wildman–Crippen LogP) is 5.45. The van der Waals surface area contributed by atoms with E-state index in [4.69, 9.17) is 9.72 Å². The van der Waals surface area contributed by atoms with Gasteiger partial charge in [0.15, 0.2) is 0 Å². The largest absolute Gasteiger partial charge is 0.496 e. The first-order valence-electron chi connectivity index (χ1n) is 9.32. The molecule has 1 aromatic carbocycles. The minimum Gasteiger partial charge on any atom is -0.496 e. The summed E-state index contributed by atoms with van der Waals surface area (Å²) in [5.74, 6) is 1.21. The molecule has 0 spiro atoms. The Morgan fingerprint density at radius 2 is 1.65 bits per heavy atom. The fourth-order valence-corrected chi connectivity index (χ4v) is 3.02. The molecule has 26 heavy (non-hydrogen) atoms. The van der Waals surface area contributed by atoms with Crippen molar-refractivity contribution in [2.24, 2.45) is 0 Å². The molecule has 2 aromatic rings. The highest BCUT2D eigenvalue weighted by Gasteiger charge is 2.26. The van der Waals surface area contributed by atoms with Crippen LogP contribution in [0.2, 0.25) is 0 Å². The second kappa shape index (κ2) is 7.40. The Morgan fingerprint density at radius 3 is 2.15 bits per heavy atom. The zero-order valence-electron chi connectivity index (χ0n) is 17.5. The van der Waals surface area contributed by atoms with E-state index in [1.54, 1.807) is 7.11 Å². The van der Waals surface area contributed by atoms with Gasteiger partial charge in [-0.25, -0.2) is 0 Å². The van der Waals surface area contributed by atoms with Crippen LogP contribution in [0.5, 0.6) is 5.75 Å². The van der Waals surface area contributed by atoms with Crippen molar-refractivity contribution in [3.05, 3.63) is 47.3 Å². The van der Waals surface area contributed by atoms with Crippen LogP contribution in [0.15, 0.2) is 30.3 Å². The quantitative estimate of drug-likeness (QED) is 0.775. The third-order valence-electron chi connectivity index (χ3n) is 4.89. The summed E-state index contributed by atoms with van der Waals surface area (Å²) in [4.78, 5) is 5.00. The number of ether oxygens (including phenoxy) is 1. The van der Waals surface area contributed by atoms with Crippen molar-refractivity contribution in [3.63, 3.8) is 0 Å². The monoisotopic (exact) mass is 355 g/mol. The van der Waals surface area contributed by atoms with Gasteiger partial charge in [-0.3, -0.25) is 4.98 Å². The highest BCUT2D eigenvalue weighted by molar-refractivity contribution is 5.74. The van der Waals surface area contributed by atoms with E-state index in [2.05, 4.69) is 52.8 Å². The first-order valence-corrected chi connectivity index (χ1v) is 9.32. The van der Waals surface area contributed by atoms with E-state index < -0.39 is 0 Å². The Labute approximate surface area is 158 Å². The molecule has 0 bridgehead atoms. The lowest BCUT2D eigenvalue weighted by Crippen LogP contribution is -2.22. The molecule has 3 nitrogen and oxygen atoms in total. The van der Waals surface area contributed by atoms with Crippen LogP contribution in [0.3, 0.4) is 0 Å². The molecule has 142 valence electrons. The summed E-state index contributed by atoms with van der Waals surface area (Å²) < 4.78 is 5.66. The molecule has 2 rings (SSSR count). The molecule has 0 unspecified atom stereocenters. The summed E-state index contributed by atoms with van der Waals surface area (Å²) in [5.41, 5.74) is 4.98. The Balaban J connectivity index is 2.76. The average molecular weight is 356 g/mol. The van der Waals surface area contributed by atoms with Gasteiger partial charge >= 0.3 is 0 Å². The number of methoxy groups -OCH3 is 1. The topological polar surface area (TPSA) is 42.4 Å². The fourth-order valence-electron chi connectivity index (χ4n) is 3.02. The van der Waals surface area contributed by atoms with Gasteiger partial charge in [0.2, 0.25) is 0 Å². The predicted molar refractivity (Wildman–Crippen MR) is 109 cm³/mol. The lowest BCUT2D eigenvalue weighted by molar-refractivity contribution is 0.218. The van der Waals surface area contributed by atoms with E-state index in [0.717, 1.165) is 33.8 Å². The summed E-state index contributed by atoms with van der Waals surface area (Å²) in [6.07, 6.45) is 0. The molecule has 0 amide bonds. The molecule has 1 aromatic heterocycles. The Hall–Kier alpha value is -1.87. The third kappa shape index (κ3) is 4.09. The number of benzene rings is 1. The second-order valence-corrected chi connectivity index (χ2v) is 8.99. The highest BCUT2D eigenvalue weighted by atomic mass is 16.5. The Morgan fingerprint density at radius 1 is 1.00 bits per heavy atom. The summed E-state index contributed by atoms with van der Waals surface area (Å²) in [6, 6.07) is 10.4. The molecule has 0 saturated carbocycles. The van der Waals surface area contributed by atoms with Gasteiger partial charge in [0.05, 0.1) is 19.4 Å². The lowest BCUT2D eigenvalue weighted by Gasteiger charge is -2.27. The summed E-state index contributed by atoms with van der Waals surface area (Å²) >= 11 is 0. The van der Waals surface area contributed by atoms with Gasteiger partial charge < -0.3 is 9.84 Å². The maximum absolute atomic E-state index is 9.77. The van der Waals surface area contributed by atoms with Gasteiger partial charge in [-0.05, 0) is 29.7 Å². The number of aliphatic hydroxyl groups excluding tert-OH is 1. The van der Waals surface area contributed by atoms with E-state index in [-0.39, 0.29) is 17.4 Å². The zero-order valence-corrected chi connectivity index (χ0v) is 17.5. The van der Waals surface area contributed by atoms with Crippen LogP contribution in [0.25, 0.3) is 11.1 Å². The fraction of sp³-hybridized carbons (Fsp3) is 0.522. The maximum atomic E-state index is 9.77. The zero-order chi connectivity index (χ0) is 19.7. The highest BCUT2D eigenvalue weighted by Crippen LogP contribution is 2.39.